The number of carbonyl (C=O) groups is 3. The van der Waals surface area contributed by atoms with Crippen LogP contribution in [0, 0.1) is 33.5 Å². The van der Waals surface area contributed by atoms with Crippen LogP contribution in [0.15, 0.2) is 48.6 Å². The van der Waals surface area contributed by atoms with Gasteiger partial charge in [-0.2, -0.15) is 0 Å². The smallest absolute Gasteiger partial charge is 0.331 e. The number of aliphatic hydroxyl groups is 1. The van der Waals surface area contributed by atoms with Crippen molar-refractivity contribution in [2.24, 2.45) is 33.5 Å². The molecule has 5 rings (SSSR count). The Balaban J connectivity index is 1.65. The average Bonchev–Trinajstić information content (AvgIpc) is 3.10. The molecule has 2 spiro atoms. The normalized spacial score (nSPS) is 41.2. The molecule has 0 aromatic heterocycles. The molecule has 0 heterocycles. The summed E-state index contributed by atoms with van der Waals surface area (Å²) in [6, 6.07) is 9.51. The maximum Gasteiger partial charge on any atom is 0.331 e. The zero-order valence-corrected chi connectivity index (χ0v) is 24.4. The molecular formula is C33H42O7. The Kier molecular flexibility index (Phi) is 6.84. The van der Waals surface area contributed by atoms with Crippen LogP contribution in [0.2, 0.25) is 0 Å². The molecule has 0 unspecified atom stereocenters. The molecule has 0 aliphatic heterocycles. The second kappa shape index (κ2) is 9.57. The van der Waals surface area contributed by atoms with Crippen molar-refractivity contribution in [2.45, 2.75) is 91.6 Å². The monoisotopic (exact) mass is 550 g/mol. The second-order valence-corrected chi connectivity index (χ2v) is 13.1. The highest BCUT2D eigenvalue weighted by Crippen LogP contribution is 2.86. The second-order valence-electron chi connectivity index (χ2n) is 13.1. The fourth-order valence-corrected chi connectivity index (χ4v) is 10.2. The van der Waals surface area contributed by atoms with E-state index in [4.69, 9.17) is 14.2 Å². The standard InChI is InChI=1S/C33H42O7/c1-19-13-15-24-28(38-21(3)34)33-20(2)25(40-26(36)16-14-23-11-9-8-10-12-23)17-18-31(33,7)29(39-22(4)35)27(37)32(19,33)30(24,5)6/h8-12,14,16,19,24-25,27-29,37H,2,13,15,17-18H2,1,3-7H3/b16-14+/t19-,24+,25+,27+,28-,29+,31+,32+,33-/m1/s1. The Bertz CT molecular complexity index is 1250. The quantitative estimate of drug-likeness (QED) is 0.231. The molecule has 4 aliphatic rings. The van der Waals surface area contributed by atoms with Crippen molar-refractivity contribution >= 4 is 24.0 Å². The van der Waals surface area contributed by atoms with E-state index in [1.54, 1.807) is 6.08 Å². The molecule has 4 aliphatic carbocycles. The highest BCUT2D eigenvalue weighted by molar-refractivity contribution is 5.87. The fraction of sp³-hybridized carbons (Fsp3) is 0.606. The summed E-state index contributed by atoms with van der Waals surface area (Å²) in [7, 11) is 0. The van der Waals surface area contributed by atoms with Crippen molar-refractivity contribution in [3.05, 3.63) is 54.1 Å². The van der Waals surface area contributed by atoms with Crippen LogP contribution in [0.25, 0.3) is 6.08 Å². The molecule has 7 nitrogen and oxygen atoms in total. The maximum atomic E-state index is 13.1. The zero-order chi connectivity index (χ0) is 29.3. The topological polar surface area (TPSA) is 99.1 Å². The Hall–Kier alpha value is -2.93. The molecule has 0 amide bonds. The number of carbonyl (C=O) groups excluding carboxylic acids is 3. The lowest BCUT2D eigenvalue weighted by Crippen LogP contribution is -2.62. The molecule has 1 aromatic rings. The van der Waals surface area contributed by atoms with E-state index in [-0.39, 0.29) is 11.8 Å². The summed E-state index contributed by atoms with van der Waals surface area (Å²) in [5.41, 5.74) is -1.59. The van der Waals surface area contributed by atoms with Gasteiger partial charge in [-0.3, -0.25) is 9.59 Å². The van der Waals surface area contributed by atoms with Crippen molar-refractivity contribution in [1.29, 1.82) is 0 Å². The van der Waals surface area contributed by atoms with Crippen LogP contribution in [0.3, 0.4) is 0 Å². The van der Waals surface area contributed by atoms with Gasteiger partial charge in [-0.05, 0) is 54.2 Å². The molecule has 4 fully saturated rings. The van der Waals surface area contributed by atoms with E-state index in [1.807, 2.05) is 37.3 Å². The van der Waals surface area contributed by atoms with Gasteiger partial charge in [0.1, 0.15) is 18.3 Å². The van der Waals surface area contributed by atoms with Gasteiger partial charge in [-0.15, -0.1) is 0 Å². The van der Waals surface area contributed by atoms with Gasteiger partial charge in [-0.25, -0.2) is 4.79 Å². The number of hydrogen-bond donors (Lipinski definition) is 1. The predicted octanol–water partition coefficient (Wildman–Crippen LogP) is 5.26. The van der Waals surface area contributed by atoms with Crippen molar-refractivity contribution in [2.75, 3.05) is 0 Å². The first-order valence-corrected chi connectivity index (χ1v) is 14.4. The molecule has 0 radical (unpaired) electrons. The molecule has 1 aromatic carbocycles. The number of fused-ring (bicyclic) bond motifs is 1. The number of hydrogen-bond acceptors (Lipinski definition) is 7. The third-order valence-corrected chi connectivity index (χ3v) is 11.3. The Morgan fingerprint density at radius 2 is 1.57 bits per heavy atom. The molecule has 4 saturated carbocycles. The van der Waals surface area contributed by atoms with Gasteiger partial charge in [0.25, 0.3) is 0 Å². The van der Waals surface area contributed by atoms with Crippen LogP contribution in [0.1, 0.15) is 72.8 Å². The van der Waals surface area contributed by atoms with Crippen molar-refractivity contribution in [3.8, 4) is 0 Å². The molecule has 2 bridgehead atoms. The lowest BCUT2D eigenvalue weighted by Gasteiger charge is -2.61. The Morgan fingerprint density at radius 1 is 0.950 bits per heavy atom. The van der Waals surface area contributed by atoms with Crippen LogP contribution in [-0.2, 0) is 28.6 Å². The largest absolute Gasteiger partial charge is 0.461 e. The highest BCUT2D eigenvalue weighted by atomic mass is 16.6. The van der Waals surface area contributed by atoms with E-state index in [0.29, 0.717) is 18.4 Å². The predicted molar refractivity (Wildman–Crippen MR) is 149 cm³/mol. The minimum atomic E-state index is -1.01. The molecule has 0 saturated heterocycles. The summed E-state index contributed by atoms with van der Waals surface area (Å²) in [5, 5.41) is 12.4. The molecule has 216 valence electrons. The average molecular weight is 551 g/mol. The Morgan fingerprint density at radius 3 is 2.20 bits per heavy atom. The van der Waals surface area contributed by atoms with Crippen molar-refractivity contribution < 1.29 is 33.7 Å². The first-order valence-electron chi connectivity index (χ1n) is 14.4. The SMILES string of the molecule is C=C1[C@@H](OC(=O)/C=C/c2ccccc2)CC[C@@]2(C)[C@@H](OC(C)=O)[C@H](O)[C@]34[C@H](C)CC[C@@H]([C@@H](OC(C)=O)[C@@]132)C4(C)C. The molecule has 1 N–H and O–H groups in total. The summed E-state index contributed by atoms with van der Waals surface area (Å²) in [5.74, 6) is -1.42. The lowest BCUT2D eigenvalue weighted by molar-refractivity contribution is -0.182. The maximum absolute atomic E-state index is 13.1. The Labute approximate surface area is 237 Å². The van der Waals surface area contributed by atoms with Gasteiger partial charge >= 0.3 is 17.9 Å². The van der Waals surface area contributed by atoms with Gasteiger partial charge in [0.05, 0.1) is 6.10 Å². The van der Waals surface area contributed by atoms with Crippen molar-refractivity contribution in [3.63, 3.8) is 0 Å². The zero-order valence-electron chi connectivity index (χ0n) is 24.4. The third-order valence-electron chi connectivity index (χ3n) is 11.3. The van der Waals surface area contributed by atoms with E-state index >= 15 is 0 Å². The number of rotatable bonds is 5. The van der Waals surface area contributed by atoms with Crippen LogP contribution in [-0.4, -0.2) is 47.4 Å². The van der Waals surface area contributed by atoms with E-state index in [9.17, 15) is 19.5 Å². The molecule has 40 heavy (non-hydrogen) atoms. The van der Waals surface area contributed by atoms with E-state index < -0.39 is 64.0 Å². The van der Waals surface area contributed by atoms with Gasteiger partial charge in [0.2, 0.25) is 0 Å². The van der Waals surface area contributed by atoms with Crippen LogP contribution in [0.4, 0.5) is 0 Å². The van der Waals surface area contributed by atoms with E-state index in [0.717, 1.165) is 18.4 Å². The van der Waals surface area contributed by atoms with Crippen molar-refractivity contribution in [1.82, 2.24) is 0 Å². The summed E-state index contributed by atoms with van der Waals surface area (Å²) in [6.07, 6.45) is 2.63. The summed E-state index contributed by atoms with van der Waals surface area (Å²) in [4.78, 5) is 38.2. The van der Waals surface area contributed by atoms with Crippen LogP contribution in [0.5, 0.6) is 0 Å². The summed E-state index contributed by atoms with van der Waals surface area (Å²) < 4.78 is 18.3. The fourth-order valence-electron chi connectivity index (χ4n) is 10.2. The minimum absolute atomic E-state index is 0.00151. The summed E-state index contributed by atoms with van der Waals surface area (Å²) in [6.45, 7) is 15.8. The number of benzene rings is 1. The lowest BCUT2D eigenvalue weighted by atomic mass is 9.42. The first kappa shape index (κ1) is 28.6. The third kappa shape index (κ3) is 3.49. The molecular weight excluding hydrogens is 508 g/mol. The van der Waals surface area contributed by atoms with Gasteiger partial charge in [-0.1, -0.05) is 64.6 Å². The van der Waals surface area contributed by atoms with Gasteiger partial charge in [0, 0.05) is 42.1 Å². The van der Waals surface area contributed by atoms with E-state index in [1.165, 1.54) is 19.9 Å². The van der Waals surface area contributed by atoms with E-state index in [2.05, 4.69) is 27.4 Å². The van der Waals surface area contributed by atoms with Crippen LogP contribution < -0.4 is 0 Å². The summed E-state index contributed by atoms with van der Waals surface area (Å²) >= 11 is 0. The number of aliphatic hydroxyl groups excluding tert-OH is 1. The molecule has 7 heteroatoms. The van der Waals surface area contributed by atoms with Gasteiger partial charge in [0.15, 0.2) is 0 Å². The van der Waals surface area contributed by atoms with Crippen LogP contribution >= 0.6 is 0 Å². The molecule has 9 atom stereocenters. The van der Waals surface area contributed by atoms with Gasteiger partial charge < -0.3 is 19.3 Å². The number of ether oxygens (including phenoxy) is 3. The minimum Gasteiger partial charge on any atom is -0.461 e. The highest BCUT2D eigenvalue weighted by Gasteiger charge is 2.90. The number of esters is 3. The first-order chi connectivity index (χ1) is 18.8.